The van der Waals surface area contributed by atoms with Crippen LogP contribution in [0.25, 0.3) is 5.32 Å². The Hall–Kier alpha value is 0.496. The number of aliphatic hydroxyl groups excluding tert-OH is 1. The van der Waals surface area contributed by atoms with Crippen molar-refractivity contribution in [3.8, 4) is 5.75 Å². The molecule has 0 fully saturated rings. The van der Waals surface area contributed by atoms with Crippen LogP contribution in [0.15, 0.2) is 18.2 Å². The van der Waals surface area contributed by atoms with Gasteiger partial charge in [-0.2, -0.15) is 0 Å². The second-order valence-electron chi connectivity index (χ2n) is 8.04. The first kappa shape index (κ1) is 27.5. The molecule has 1 aromatic rings. The van der Waals surface area contributed by atoms with Crippen molar-refractivity contribution >= 4 is 0 Å². The summed E-state index contributed by atoms with van der Waals surface area (Å²) in [6, 6.07) is 5.74. The molecule has 27 heavy (non-hydrogen) atoms. The molecule has 0 aliphatic carbocycles. The van der Waals surface area contributed by atoms with Gasteiger partial charge in [0, 0.05) is 6.61 Å². The monoisotopic (exact) mass is 405 g/mol. The average Bonchev–Trinajstić information content (AvgIpc) is 2.52. The van der Waals surface area contributed by atoms with E-state index in [2.05, 4.69) is 19.2 Å². The van der Waals surface area contributed by atoms with Gasteiger partial charge in [0.1, 0.15) is 5.75 Å². The fraction of sp³-hybridized carbons (Fsp3) is 0.714. The molecule has 0 heterocycles. The summed E-state index contributed by atoms with van der Waals surface area (Å²) in [5.74, 6) is 0.834. The number of nitrogens with zero attached hydrogens (tertiary/aromatic N) is 1. The fourth-order valence-corrected chi connectivity index (χ4v) is 2.41. The molecule has 0 aliphatic heterocycles. The maximum atomic E-state index is 9.71. The minimum absolute atomic E-state index is 0. The number of rotatable bonds is 13. The van der Waals surface area contributed by atoms with Crippen molar-refractivity contribution in [3.05, 3.63) is 34.6 Å². The van der Waals surface area contributed by atoms with Gasteiger partial charge in [-0.1, -0.05) is 6.07 Å². The molecule has 1 aromatic carbocycles. The van der Waals surface area contributed by atoms with Gasteiger partial charge >= 0.3 is 51.4 Å². The first-order valence-electron chi connectivity index (χ1n) is 9.46. The van der Waals surface area contributed by atoms with Crippen LogP contribution in [0.4, 0.5) is 0 Å². The van der Waals surface area contributed by atoms with Crippen LogP contribution in [0.2, 0.25) is 0 Å². The third-order valence-corrected chi connectivity index (χ3v) is 4.29. The smallest absolute Gasteiger partial charge is 0.662 e. The predicted molar refractivity (Wildman–Crippen MR) is 106 cm³/mol. The molecule has 0 aromatic heterocycles. The quantitative estimate of drug-likeness (QED) is 0.379. The minimum atomic E-state index is -0.683. The molecule has 6 heteroatoms. The summed E-state index contributed by atoms with van der Waals surface area (Å²) in [5.41, 5.74) is 1.07. The topological polar surface area (TPSA) is 73.0 Å². The van der Waals surface area contributed by atoms with Crippen LogP contribution in [0.3, 0.4) is 0 Å². The van der Waals surface area contributed by atoms with Crippen LogP contribution < -0.4 is 56.1 Å². The van der Waals surface area contributed by atoms with Crippen molar-refractivity contribution in [3.63, 3.8) is 0 Å². The zero-order valence-electron chi connectivity index (χ0n) is 18.0. The molecule has 0 saturated heterocycles. The molecule has 0 unspecified atom stereocenters. The normalized spacial score (nSPS) is 12.0. The summed E-state index contributed by atoms with van der Waals surface area (Å²) in [7, 11) is 0. The van der Waals surface area contributed by atoms with Gasteiger partial charge in [0.05, 0.1) is 24.4 Å². The molecule has 0 saturated carbocycles. The van der Waals surface area contributed by atoms with Crippen LogP contribution >= 0.6 is 0 Å². The van der Waals surface area contributed by atoms with Gasteiger partial charge in [-0.25, -0.2) is 0 Å². The van der Waals surface area contributed by atoms with E-state index in [9.17, 15) is 10.2 Å². The summed E-state index contributed by atoms with van der Waals surface area (Å²) in [5, 5.41) is 23.4. The van der Waals surface area contributed by atoms with E-state index >= 15 is 0 Å². The van der Waals surface area contributed by atoms with E-state index < -0.39 is 5.60 Å². The second-order valence-corrected chi connectivity index (χ2v) is 8.04. The molecule has 0 radical (unpaired) electrons. The number of aliphatic hydroxyl groups is 2. The molecule has 2 N–H and O–H groups in total. The van der Waals surface area contributed by atoms with Gasteiger partial charge in [0.15, 0.2) is 0 Å². The van der Waals surface area contributed by atoms with E-state index in [-0.39, 0.29) is 63.6 Å². The predicted octanol–water partition coefficient (Wildman–Crippen LogP) is 0.980. The van der Waals surface area contributed by atoms with Gasteiger partial charge in [-0.15, -0.1) is 13.1 Å². The Balaban J connectivity index is 0.00000676. The van der Waals surface area contributed by atoms with Crippen LogP contribution in [-0.4, -0.2) is 47.7 Å². The number of aryl methyl sites for hydroxylation is 1. The molecule has 1 rings (SSSR count). The molecule has 5 nitrogen and oxygen atoms in total. The summed E-state index contributed by atoms with van der Waals surface area (Å²) < 4.78 is 11.6. The van der Waals surface area contributed by atoms with Crippen LogP contribution in [0.5, 0.6) is 5.75 Å². The standard InChI is InChI=1S/C21H36NO4.K/c1-17-15-19(8-7-18(17)16-23)25-13-6-11-22-12-9-21(4,5)26-14-10-20(2,3)24;/h7-8,15,23-24H,6,9-14,16H2,1-5H3;/q-1;+1. The Bertz CT molecular complexity index is 529. The molecular weight excluding hydrogens is 369 g/mol. The van der Waals surface area contributed by atoms with Crippen molar-refractivity contribution in [2.45, 2.75) is 71.7 Å². The first-order chi connectivity index (χ1) is 12.1. The number of benzene rings is 1. The second kappa shape index (κ2) is 13.7. The maximum absolute atomic E-state index is 9.71. The molecule has 0 bridgehead atoms. The number of hydrogen-bond acceptors (Lipinski definition) is 4. The van der Waals surface area contributed by atoms with Crippen molar-refractivity contribution in [1.82, 2.24) is 0 Å². The van der Waals surface area contributed by atoms with E-state index in [1.54, 1.807) is 13.8 Å². The van der Waals surface area contributed by atoms with Crippen LogP contribution in [-0.2, 0) is 11.3 Å². The molecule has 0 aliphatic rings. The number of hydrogen-bond donors (Lipinski definition) is 2. The van der Waals surface area contributed by atoms with Gasteiger partial charge in [0.25, 0.3) is 0 Å². The Morgan fingerprint density at radius 3 is 2.33 bits per heavy atom. The molecular formula is C21H36KNO4. The number of ether oxygens (including phenoxy) is 2. The summed E-state index contributed by atoms with van der Waals surface area (Å²) in [4.78, 5) is 0. The largest absolute Gasteiger partial charge is 1.00 e. The Morgan fingerprint density at radius 1 is 1.04 bits per heavy atom. The van der Waals surface area contributed by atoms with Crippen LogP contribution in [0.1, 0.15) is 58.1 Å². The zero-order valence-corrected chi connectivity index (χ0v) is 21.2. The summed E-state index contributed by atoms with van der Waals surface area (Å²) in [6.45, 7) is 12.5. The Kier molecular flexibility index (Phi) is 13.9. The Labute approximate surface area is 207 Å². The first-order valence-corrected chi connectivity index (χ1v) is 9.46. The third-order valence-electron chi connectivity index (χ3n) is 4.29. The molecule has 0 amide bonds. The fourth-order valence-electron chi connectivity index (χ4n) is 2.41. The zero-order chi connectivity index (χ0) is 19.6. The van der Waals surface area contributed by atoms with Gasteiger partial charge in [0.2, 0.25) is 0 Å². The minimum Gasteiger partial charge on any atom is -0.662 e. The molecule has 150 valence electrons. The summed E-state index contributed by atoms with van der Waals surface area (Å²) in [6.07, 6.45) is 2.37. The Morgan fingerprint density at radius 2 is 1.74 bits per heavy atom. The van der Waals surface area contributed by atoms with Crippen LogP contribution in [0, 0.1) is 6.92 Å². The van der Waals surface area contributed by atoms with E-state index in [0.717, 1.165) is 42.8 Å². The SMILES string of the molecule is Cc1cc(OCCC[N-]CCC(C)(C)OCCC(C)(C)O)ccc1CO.[K+]. The maximum Gasteiger partial charge on any atom is 1.00 e. The van der Waals surface area contributed by atoms with Crippen molar-refractivity contribution in [2.75, 3.05) is 26.3 Å². The van der Waals surface area contributed by atoms with Gasteiger partial charge < -0.3 is 25.0 Å². The average molecular weight is 406 g/mol. The van der Waals surface area contributed by atoms with Crippen molar-refractivity contribution in [1.29, 1.82) is 0 Å². The molecule has 0 spiro atoms. The van der Waals surface area contributed by atoms with E-state index in [4.69, 9.17) is 9.47 Å². The van der Waals surface area contributed by atoms with E-state index in [0.29, 0.717) is 19.6 Å². The van der Waals surface area contributed by atoms with Gasteiger partial charge in [-0.3, -0.25) is 0 Å². The molecule has 0 atom stereocenters. The van der Waals surface area contributed by atoms with Crippen molar-refractivity contribution in [2.24, 2.45) is 0 Å². The van der Waals surface area contributed by atoms with Crippen molar-refractivity contribution < 1.29 is 71.1 Å². The third kappa shape index (κ3) is 13.4. The van der Waals surface area contributed by atoms with E-state index in [1.165, 1.54) is 0 Å². The van der Waals surface area contributed by atoms with Gasteiger partial charge in [-0.05, 0) is 77.1 Å². The summed E-state index contributed by atoms with van der Waals surface area (Å²) >= 11 is 0. The van der Waals surface area contributed by atoms with E-state index in [1.807, 2.05) is 25.1 Å².